The minimum atomic E-state index is 0.674. The largest absolute Gasteiger partial charge is 0.456 e. The smallest absolute Gasteiger partial charge is 0.138 e. The molecule has 3 aromatic rings. The van der Waals surface area contributed by atoms with E-state index in [2.05, 4.69) is 15.9 Å². The van der Waals surface area contributed by atoms with Crippen LogP contribution in [0.15, 0.2) is 45.3 Å². The van der Waals surface area contributed by atoms with Gasteiger partial charge in [-0.15, -0.1) is 0 Å². The minimum Gasteiger partial charge on any atom is -0.456 e. The number of hydrogen-bond acceptors (Lipinski definition) is 1. The second-order valence-electron chi connectivity index (χ2n) is 3.36. The van der Waals surface area contributed by atoms with Gasteiger partial charge in [-0.2, -0.15) is 0 Å². The fraction of sp³-hybridized carbons (Fsp3) is 0. The molecule has 0 saturated heterocycles. The van der Waals surface area contributed by atoms with E-state index in [0.29, 0.717) is 5.02 Å². The number of para-hydroxylation sites is 1. The van der Waals surface area contributed by atoms with E-state index in [4.69, 9.17) is 16.0 Å². The molecule has 15 heavy (non-hydrogen) atoms. The summed E-state index contributed by atoms with van der Waals surface area (Å²) in [5.74, 6) is 0. The van der Waals surface area contributed by atoms with Crippen LogP contribution in [0.4, 0.5) is 0 Å². The van der Waals surface area contributed by atoms with Crippen molar-refractivity contribution in [3.63, 3.8) is 0 Å². The van der Waals surface area contributed by atoms with Crippen molar-refractivity contribution in [2.24, 2.45) is 0 Å². The van der Waals surface area contributed by atoms with Gasteiger partial charge in [-0.05, 0) is 28.1 Å². The molecule has 3 heteroatoms. The fourth-order valence-electron chi connectivity index (χ4n) is 1.77. The lowest BCUT2D eigenvalue weighted by atomic mass is 10.1. The summed E-state index contributed by atoms with van der Waals surface area (Å²) >= 11 is 9.47. The lowest BCUT2D eigenvalue weighted by molar-refractivity contribution is 0.669. The third-order valence-corrected chi connectivity index (χ3v) is 3.24. The zero-order chi connectivity index (χ0) is 10.4. The van der Waals surface area contributed by atoms with Crippen molar-refractivity contribution in [2.75, 3.05) is 0 Å². The van der Waals surface area contributed by atoms with Gasteiger partial charge in [0.25, 0.3) is 0 Å². The number of halogens is 2. The Kier molecular flexibility index (Phi) is 2.01. The topological polar surface area (TPSA) is 13.1 Å². The van der Waals surface area contributed by atoms with Crippen LogP contribution in [-0.4, -0.2) is 0 Å². The SMILES string of the molecule is Clc1cc(Br)c2c(c1)oc1ccccc12. The number of rotatable bonds is 0. The Labute approximate surface area is 99.8 Å². The highest BCUT2D eigenvalue weighted by molar-refractivity contribution is 9.10. The molecule has 0 radical (unpaired) electrons. The number of hydrogen-bond donors (Lipinski definition) is 0. The molecule has 74 valence electrons. The van der Waals surface area contributed by atoms with Crippen LogP contribution in [0, 0.1) is 0 Å². The quantitative estimate of drug-likeness (QED) is 0.565. The Balaban J connectivity index is 2.61. The van der Waals surface area contributed by atoms with E-state index < -0.39 is 0 Å². The van der Waals surface area contributed by atoms with Gasteiger partial charge >= 0.3 is 0 Å². The Morgan fingerprint density at radius 1 is 1.07 bits per heavy atom. The molecule has 2 aromatic carbocycles. The number of furan rings is 1. The van der Waals surface area contributed by atoms with Crippen molar-refractivity contribution in [2.45, 2.75) is 0 Å². The van der Waals surface area contributed by atoms with Gasteiger partial charge in [0.05, 0.1) is 0 Å². The Morgan fingerprint density at radius 2 is 1.87 bits per heavy atom. The van der Waals surface area contributed by atoms with E-state index >= 15 is 0 Å². The first kappa shape index (κ1) is 9.25. The van der Waals surface area contributed by atoms with Crippen LogP contribution in [-0.2, 0) is 0 Å². The van der Waals surface area contributed by atoms with Crippen LogP contribution in [0.5, 0.6) is 0 Å². The van der Waals surface area contributed by atoms with E-state index in [0.717, 1.165) is 26.4 Å². The fourth-order valence-corrected chi connectivity index (χ4v) is 2.77. The van der Waals surface area contributed by atoms with Gasteiger partial charge in [-0.25, -0.2) is 0 Å². The van der Waals surface area contributed by atoms with E-state index in [1.54, 1.807) is 0 Å². The molecule has 0 amide bonds. The Bertz CT molecular complexity index is 657. The van der Waals surface area contributed by atoms with Crippen LogP contribution in [0.2, 0.25) is 5.02 Å². The molecule has 0 saturated carbocycles. The first-order chi connectivity index (χ1) is 7.25. The molecule has 0 aliphatic heterocycles. The summed E-state index contributed by atoms with van der Waals surface area (Å²) in [5, 5.41) is 2.86. The van der Waals surface area contributed by atoms with Gasteiger partial charge < -0.3 is 4.42 Å². The minimum absolute atomic E-state index is 0.674. The summed E-state index contributed by atoms with van der Waals surface area (Å²) in [6, 6.07) is 11.7. The molecule has 1 aromatic heterocycles. The molecule has 0 unspecified atom stereocenters. The maximum absolute atomic E-state index is 5.96. The molecule has 3 rings (SSSR count). The third kappa shape index (κ3) is 1.36. The highest BCUT2D eigenvalue weighted by Crippen LogP contribution is 2.35. The average Bonchev–Trinajstić information content (AvgIpc) is 2.54. The maximum atomic E-state index is 5.96. The van der Waals surface area contributed by atoms with E-state index in [-0.39, 0.29) is 0 Å². The van der Waals surface area contributed by atoms with Gasteiger partial charge in [0.1, 0.15) is 11.2 Å². The van der Waals surface area contributed by atoms with Gasteiger partial charge in [-0.1, -0.05) is 29.8 Å². The van der Waals surface area contributed by atoms with Crippen molar-refractivity contribution >= 4 is 49.5 Å². The van der Waals surface area contributed by atoms with Crippen molar-refractivity contribution in [1.29, 1.82) is 0 Å². The Hall–Kier alpha value is -0.990. The molecular weight excluding hydrogens is 275 g/mol. The van der Waals surface area contributed by atoms with E-state index in [1.807, 2.05) is 36.4 Å². The molecule has 0 bridgehead atoms. The Morgan fingerprint density at radius 3 is 2.73 bits per heavy atom. The first-order valence-electron chi connectivity index (χ1n) is 4.52. The van der Waals surface area contributed by atoms with Crippen LogP contribution < -0.4 is 0 Å². The molecule has 0 N–H and O–H groups in total. The average molecular weight is 282 g/mol. The van der Waals surface area contributed by atoms with Gasteiger partial charge in [0.15, 0.2) is 0 Å². The third-order valence-electron chi connectivity index (χ3n) is 2.40. The lowest BCUT2D eigenvalue weighted by Gasteiger charge is -1.94. The van der Waals surface area contributed by atoms with Gasteiger partial charge in [0, 0.05) is 26.3 Å². The highest BCUT2D eigenvalue weighted by Gasteiger charge is 2.09. The zero-order valence-electron chi connectivity index (χ0n) is 7.63. The summed E-state index contributed by atoms with van der Waals surface area (Å²) < 4.78 is 6.67. The van der Waals surface area contributed by atoms with Crippen LogP contribution in [0.25, 0.3) is 21.9 Å². The molecule has 0 atom stereocenters. The summed E-state index contributed by atoms with van der Waals surface area (Å²) in [4.78, 5) is 0. The molecule has 0 spiro atoms. The summed E-state index contributed by atoms with van der Waals surface area (Å²) in [6.45, 7) is 0. The predicted molar refractivity (Wildman–Crippen MR) is 66.4 cm³/mol. The molecular formula is C12H6BrClO. The van der Waals surface area contributed by atoms with Crippen molar-refractivity contribution in [1.82, 2.24) is 0 Å². The second kappa shape index (κ2) is 3.26. The standard InChI is InChI=1S/C12H6BrClO/c13-9-5-7(14)6-11-12(9)8-3-1-2-4-10(8)15-11/h1-6H. The van der Waals surface area contributed by atoms with Crippen molar-refractivity contribution in [3.05, 3.63) is 45.9 Å². The van der Waals surface area contributed by atoms with Crippen LogP contribution >= 0.6 is 27.5 Å². The maximum Gasteiger partial charge on any atom is 0.138 e. The summed E-state index contributed by atoms with van der Waals surface area (Å²) in [5.41, 5.74) is 1.70. The summed E-state index contributed by atoms with van der Waals surface area (Å²) in [7, 11) is 0. The summed E-state index contributed by atoms with van der Waals surface area (Å²) in [6.07, 6.45) is 0. The van der Waals surface area contributed by atoms with Gasteiger partial charge in [0.2, 0.25) is 0 Å². The van der Waals surface area contributed by atoms with Crippen molar-refractivity contribution < 1.29 is 4.42 Å². The zero-order valence-corrected chi connectivity index (χ0v) is 9.97. The highest BCUT2D eigenvalue weighted by atomic mass is 79.9. The molecule has 0 aliphatic carbocycles. The van der Waals surface area contributed by atoms with Gasteiger partial charge in [-0.3, -0.25) is 0 Å². The normalized spacial score (nSPS) is 11.3. The van der Waals surface area contributed by atoms with E-state index in [9.17, 15) is 0 Å². The van der Waals surface area contributed by atoms with Crippen LogP contribution in [0.3, 0.4) is 0 Å². The van der Waals surface area contributed by atoms with Crippen LogP contribution in [0.1, 0.15) is 0 Å². The molecule has 0 aliphatic rings. The lowest BCUT2D eigenvalue weighted by Crippen LogP contribution is -1.70. The monoisotopic (exact) mass is 280 g/mol. The number of benzene rings is 2. The molecule has 1 nitrogen and oxygen atoms in total. The number of fused-ring (bicyclic) bond motifs is 3. The molecule has 0 fully saturated rings. The first-order valence-corrected chi connectivity index (χ1v) is 5.69. The molecule has 1 heterocycles. The van der Waals surface area contributed by atoms with E-state index in [1.165, 1.54) is 0 Å². The second-order valence-corrected chi connectivity index (χ2v) is 4.65. The predicted octanol–water partition coefficient (Wildman–Crippen LogP) is 5.00. The van der Waals surface area contributed by atoms with Crippen molar-refractivity contribution in [3.8, 4) is 0 Å².